The summed E-state index contributed by atoms with van der Waals surface area (Å²) in [5.74, 6) is 0. The summed E-state index contributed by atoms with van der Waals surface area (Å²) in [6, 6.07) is 7.75. The number of benzene rings is 1. The van der Waals surface area contributed by atoms with Gasteiger partial charge in [-0.25, -0.2) is 8.93 Å². The molecular formula is C13H18N2OS. The highest BCUT2D eigenvalue weighted by Crippen LogP contribution is 2.09. The van der Waals surface area contributed by atoms with Gasteiger partial charge < -0.3 is 0 Å². The average molecular weight is 250 g/mol. The fourth-order valence-corrected chi connectivity index (χ4v) is 2.01. The molecule has 0 aliphatic heterocycles. The van der Waals surface area contributed by atoms with Gasteiger partial charge in [0.05, 0.1) is 4.90 Å². The van der Waals surface area contributed by atoms with Gasteiger partial charge in [0.15, 0.2) is 0 Å². The Morgan fingerprint density at radius 3 is 2.59 bits per heavy atom. The van der Waals surface area contributed by atoms with Crippen LogP contribution in [-0.4, -0.2) is 17.5 Å². The van der Waals surface area contributed by atoms with E-state index in [2.05, 4.69) is 15.8 Å². The zero-order valence-corrected chi connectivity index (χ0v) is 11.3. The van der Waals surface area contributed by atoms with Gasteiger partial charge in [-0.3, -0.25) is 4.99 Å². The zero-order valence-electron chi connectivity index (χ0n) is 10.4. The van der Waals surface area contributed by atoms with Crippen LogP contribution in [0, 0.1) is 0 Å². The Hall–Kier alpha value is -1.26. The van der Waals surface area contributed by atoms with E-state index < -0.39 is 11.0 Å². The first kappa shape index (κ1) is 13.8. The van der Waals surface area contributed by atoms with E-state index in [1.54, 1.807) is 13.3 Å². The Morgan fingerprint density at radius 1 is 1.41 bits per heavy atom. The molecule has 0 aliphatic rings. The molecule has 1 rings (SSSR count). The maximum absolute atomic E-state index is 11.4. The van der Waals surface area contributed by atoms with Crippen molar-refractivity contribution in [3.8, 4) is 0 Å². The highest BCUT2D eigenvalue weighted by Gasteiger charge is 1.99. The molecule has 0 fully saturated rings. The summed E-state index contributed by atoms with van der Waals surface area (Å²) < 4.78 is 14.2. The summed E-state index contributed by atoms with van der Waals surface area (Å²) >= 11 is 0. The second kappa shape index (κ2) is 7.14. The fourth-order valence-electron chi connectivity index (χ4n) is 1.39. The molecule has 0 saturated carbocycles. The number of aliphatic imine (C=N–C) groups is 1. The van der Waals surface area contributed by atoms with Crippen molar-refractivity contribution in [3.05, 3.63) is 41.6 Å². The molecule has 17 heavy (non-hydrogen) atoms. The Bertz CT molecular complexity index is 435. The van der Waals surface area contributed by atoms with Gasteiger partial charge in [0, 0.05) is 11.9 Å². The second-order valence-corrected chi connectivity index (χ2v) is 4.97. The van der Waals surface area contributed by atoms with E-state index in [0.29, 0.717) is 0 Å². The van der Waals surface area contributed by atoms with Crippen molar-refractivity contribution >= 4 is 17.2 Å². The second-order valence-electron chi connectivity index (χ2n) is 3.55. The molecule has 0 heterocycles. The largest absolute Gasteiger partial charge is 0.267 e. The molecule has 0 spiro atoms. The van der Waals surface area contributed by atoms with Crippen molar-refractivity contribution in [1.82, 2.24) is 4.72 Å². The minimum atomic E-state index is -1.10. The average Bonchev–Trinajstić information content (AvgIpc) is 2.36. The van der Waals surface area contributed by atoms with Crippen LogP contribution in [0.1, 0.15) is 19.4 Å². The van der Waals surface area contributed by atoms with Crippen LogP contribution in [0.2, 0.25) is 0 Å². The van der Waals surface area contributed by atoms with Crippen LogP contribution in [0.25, 0.3) is 0 Å². The van der Waals surface area contributed by atoms with E-state index in [-0.39, 0.29) is 0 Å². The van der Waals surface area contributed by atoms with Gasteiger partial charge >= 0.3 is 0 Å². The number of rotatable bonds is 5. The Kier molecular flexibility index (Phi) is 5.80. The molecule has 1 atom stereocenters. The lowest BCUT2D eigenvalue weighted by Crippen LogP contribution is -2.10. The normalized spacial score (nSPS) is 14.2. The van der Waals surface area contributed by atoms with Crippen molar-refractivity contribution in [2.45, 2.75) is 25.2 Å². The predicted octanol–water partition coefficient (Wildman–Crippen LogP) is 2.47. The molecule has 3 nitrogen and oxygen atoms in total. The number of nitrogens with one attached hydrogen (secondary N) is 1. The van der Waals surface area contributed by atoms with Crippen molar-refractivity contribution in [1.29, 1.82) is 0 Å². The van der Waals surface area contributed by atoms with E-state index in [0.717, 1.165) is 17.0 Å². The monoisotopic (exact) mass is 250 g/mol. The summed E-state index contributed by atoms with van der Waals surface area (Å²) in [6.45, 7) is 3.88. The molecule has 0 aromatic heterocycles. The fraction of sp³-hybridized carbons (Fsp3) is 0.308. The topological polar surface area (TPSA) is 41.5 Å². The molecule has 92 valence electrons. The highest BCUT2D eigenvalue weighted by molar-refractivity contribution is 7.83. The van der Waals surface area contributed by atoms with Gasteiger partial charge in [-0.15, -0.1) is 0 Å². The molecule has 0 amide bonds. The molecule has 1 aromatic rings. The maximum Gasteiger partial charge on any atom is 0.124 e. The van der Waals surface area contributed by atoms with E-state index >= 15 is 0 Å². The Morgan fingerprint density at radius 2 is 2.06 bits per heavy atom. The van der Waals surface area contributed by atoms with Crippen molar-refractivity contribution < 1.29 is 4.21 Å². The molecular weight excluding hydrogens is 232 g/mol. The first-order valence-corrected chi connectivity index (χ1v) is 6.66. The van der Waals surface area contributed by atoms with Gasteiger partial charge in [0.25, 0.3) is 0 Å². The molecule has 0 radical (unpaired) electrons. The van der Waals surface area contributed by atoms with Gasteiger partial charge in [0.2, 0.25) is 0 Å². The maximum atomic E-state index is 11.4. The molecule has 1 N–H and O–H groups in total. The Labute approximate surface area is 105 Å². The summed E-state index contributed by atoms with van der Waals surface area (Å²) in [7, 11) is 0.576. The van der Waals surface area contributed by atoms with Crippen molar-refractivity contribution in [3.63, 3.8) is 0 Å². The number of nitrogens with zero attached hydrogens (tertiary/aromatic N) is 1. The first-order chi connectivity index (χ1) is 8.17. The van der Waals surface area contributed by atoms with Gasteiger partial charge in [-0.05, 0) is 45.0 Å². The molecule has 4 heteroatoms. The van der Waals surface area contributed by atoms with Crippen LogP contribution in [-0.2, 0) is 17.4 Å². The van der Waals surface area contributed by atoms with Crippen LogP contribution < -0.4 is 4.72 Å². The molecule has 1 unspecified atom stereocenters. The number of hydrogen-bond donors (Lipinski definition) is 1. The van der Waals surface area contributed by atoms with Gasteiger partial charge in [-0.2, -0.15) is 0 Å². The lowest BCUT2D eigenvalue weighted by Gasteiger charge is -2.01. The minimum absolute atomic E-state index is 0.795. The quantitative estimate of drug-likeness (QED) is 0.801. The third kappa shape index (κ3) is 4.63. The Balaban J connectivity index is 2.69. The van der Waals surface area contributed by atoms with E-state index in [1.165, 1.54) is 5.56 Å². The summed E-state index contributed by atoms with van der Waals surface area (Å²) in [4.78, 5) is 4.97. The lowest BCUT2D eigenvalue weighted by molar-refractivity contribution is 0.678. The van der Waals surface area contributed by atoms with E-state index in [9.17, 15) is 4.21 Å². The third-order valence-corrected chi connectivity index (χ3v) is 3.36. The summed E-state index contributed by atoms with van der Waals surface area (Å²) in [6.07, 6.45) is 4.70. The van der Waals surface area contributed by atoms with Crippen LogP contribution in [0.3, 0.4) is 0 Å². The highest BCUT2D eigenvalue weighted by atomic mass is 32.2. The van der Waals surface area contributed by atoms with Crippen LogP contribution in [0.5, 0.6) is 0 Å². The zero-order chi connectivity index (χ0) is 12.7. The molecule has 0 saturated heterocycles. The van der Waals surface area contributed by atoms with E-state index in [4.69, 9.17) is 0 Å². The van der Waals surface area contributed by atoms with Crippen molar-refractivity contribution in [2.24, 2.45) is 4.99 Å². The summed E-state index contributed by atoms with van der Waals surface area (Å²) in [5, 5.41) is 0. The van der Waals surface area contributed by atoms with E-state index in [1.807, 2.05) is 38.1 Å². The molecule has 0 bridgehead atoms. The van der Waals surface area contributed by atoms with Crippen molar-refractivity contribution in [2.75, 3.05) is 7.05 Å². The molecule has 0 aliphatic carbocycles. The third-order valence-electron chi connectivity index (χ3n) is 2.29. The van der Waals surface area contributed by atoms with Gasteiger partial charge in [0.1, 0.15) is 11.0 Å². The minimum Gasteiger partial charge on any atom is -0.267 e. The predicted molar refractivity (Wildman–Crippen MR) is 73.5 cm³/mol. The number of hydrogen-bond acceptors (Lipinski definition) is 2. The lowest BCUT2D eigenvalue weighted by atomic mass is 10.1. The van der Waals surface area contributed by atoms with Gasteiger partial charge in [-0.1, -0.05) is 18.2 Å². The SMILES string of the molecule is CC=N/C(C)=C\Cc1ccc(S(=O)NC)cc1. The smallest absolute Gasteiger partial charge is 0.124 e. The standard InChI is InChI=1S/C13H18N2OS/c1-4-15-11(2)5-6-12-7-9-13(10-8-12)17(16)14-3/h4-5,7-10,14H,6H2,1-3H3/b11-5-,15-4?. The summed E-state index contributed by atoms with van der Waals surface area (Å²) in [5.41, 5.74) is 2.20. The number of allylic oxidation sites excluding steroid dienone is 2. The molecule has 1 aromatic carbocycles. The van der Waals surface area contributed by atoms with Crippen LogP contribution in [0.4, 0.5) is 0 Å². The van der Waals surface area contributed by atoms with Crippen LogP contribution in [0.15, 0.2) is 45.9 Å². The first-order valence-electron chi connectivity index (χ1n) is 5.51. The van der Waals surface area contributed by atoms with Crippen LogP contribution >= 0.6 is 0 Å².